The highest BCUT2D eigenvalue weighted by atomic mass is 16.6. The van der Waals surface area contributed by atoms with Crippen molar-refractivity contribution in [1.82, 2.24) is 0 Å². The minimum atomic E-state index is -0.769. The smallest absolute Gasteiger partial charge is 0.412 e. The van der Waals surface area contributed by atoms with Crippen LogP contribution in [0.3, 0.4) is 0 Å². The van der Waals surface area contributed by atoms with Gasteiger partial charge in [0, 0.05) is 11.8 Å². The summed E-state index contributed by atoms with van der Waals surface area (Å²) in [5.74, 6) is -1.03. The zero-order valence-electron chi connectivity index (χ0n) is 25.4. The van der Waals surface area contributed by atoms with Crippen LogP contribution in [0.5, 0.6) is 0 Å². The van der Waals surface area contributed by atoms with Crippen LogP contribution in [0.25, 0.3) is 0 Å². The number of ether oxygens (including phenoxy) is 7. The zero-order chi connectivity index (χ0) is 31.6. The van der Waals surface area contributed by atoms with Crippen LogP contribution in [-0.4, -0.2) is 101 Å². The van der Waals surface area contributed by atoms with Crippen LogP contribution in [-0.2, 0) is 38.0 Å². The summed E-state index contributed by atoms with van der Waals surface area (Å²) >= 11 is 0. The van der Waals surface area contributed by atoms with Crippen molar-refractivity contribution in [2.24, 2.45) is 4.99 Å². The maximum Gasteiger partial charge on any atom is 0.412 e. The number of nitrogens with zero attached hydrogens (tertiary/aromatic N) is 1. The number of hydrogen-bond acceptors (Lipinski definition) is 11. The number of nitrogens with one attached hydrogen (secondary N) is 2. The van der Waals surface area contributed by atoms with Gasteiger partial charge in [0.25, 0.3) is 5.91 Å². The SMILES string of the molecule is COC(=O)COCCOCCOCCOC/C=N/C(=O)c1ccc(NC(=O)OC(C)(C)C)c(NC(=O)OC(C)(C)C)c1. The van der Waals surface area contributed by atoms with Gasteiger partial charge in [-0.05, 0) is 59.7 Å². The quantitative estimate of drug-likeness (QED) is 0.123. The molecule has 0 atom stereocenters. The van der Waals surface area contributed by atoms with Crippen molar-refractivity contribution in [3.05, 3.63) is 23.8 Å². The van der Waals surface area contributed by atoms with E-state index in [1.165, 1.54) is 31.5 Å². The van der Waals surface area contributed by atoms with Gasteiger partial charge < -0.3 is 33.2 Å². The van der Waals surface area contributed by atoms with Crippen LogP contribution in [0.1, 0.15) is 51.9 Å². The number of methoxy groups -OCH3 is 1. The van der Waals surface area contributed by atoms with Crippen LogP contribution in [0.4, 0.5) is 21.0 Å². The third-order valence-corrected chi connectivity index (χ3v) is 4.50. The van der Waals surface area contributed by atoms with Gasteiger partial charge in [0.2, 0.25) is 0 Å². The van der Waals surface area contributed by atoms with Crippen molar-refractivity contribution in [1.29, 1.82) is 0 Å². The minimum absolute atomic E-state index is 0.0738. The fraction of sp³-hybridized carbons (Fsp3) is 0.607. The second-order valence-corrected chi connectivity index (χ2v) is 10.6. The molecule has 14 heteroatoms. The van der Waals surface area contributed by atoms with Gasteiger partial charge in [-0.15, -0.1) is 0 Å². The van der Waals surface area contributed by atoms with E-state index in [9.17, 15) is 19.2 Å². The molecule has 1 rings (SSSR count). The molecule has 0 aromatic heterocycles. The van der Waals surface area contributed by atoms with Gasteiger partial charge in [-0.3, -0.25) is 15.4 Å². The van der Waals surface area contributed by atoms with E-state index in [4.69, 9.17) is 28.4 Å². The summed E-state index contributed by atoms with van der Waals surface area (Å²) in [5, 5.41) is 5.11. The molecule has 42 heavy (non-hydrogen) atoms. The van der Waals surface area contributed by atoms with Crippen molar-refractivity contribution in [2.75, 3.05) is 70.6 Å². The van der Waals surface area contributed by atoms with Crippen molar-refractivity contribution in [2.45, 2.75) is 52.7 Å². The lowest BCUT2D eigenvalue weighted by Crippen LogP contribution is -2.29. The summed E-state index contributed by atoms with van der Waals surface area (Å²) in [4.78, 5) is 52.0. The monoisotopic (exact) mass is 597 g/mol. The molecule has 0 heterocycles. The van der Waals surface area contributed by atoms with Crippen LogP contribution < -0.4 is 10.6 Å². The normalized spacial score (nSPS) is 11.7. The molecule has 14 nitrogen and oxygen atoms in total. The Bertz CT molecular complexity index is 1050. The largest absolute Gasteiger partial charge is 0.467 e. The van der Waals surface area contributed by atoms with E-state index < -0.39 is 35.3 Å². The van der Waals surface area contributed by atoms with Crippen molar-refractivity contribution < 1.29 is 52.3 Å². The van der Waals surface area contributed by atoms with Crippen LogP contribution >= 0.6 is 0 Å². The molecule has 0 bridgehead atoms. The molecule has 0 unspecified atom stereocenters. The number of aliphatic imine (C=N–C) groups is 1. The van der Waals surface area contributed by atoms with E-state index in [-0.39, 0.29) is 43.4 Å². The molecule has 0 saturated heterocycles. The average molecular weight is 598 g/mol. The molecule has 0 aliphatic carbocycles. The fourth-order valence-electron chi connectivity index (χ4n) is 2.82. The summed E-state index contributed by atoms with van der Waals surface area (Å²) in [6, 6.07) is 4.28. The lowest BCUT2D eigenvalue weighted by Gasteiger charge is -2.22. The minimum Gasteiger partial charge on any atom is -0.467 e. The molecule has 0 aliphatic rings. The Morgan fingerprint density at radius 2 is 1.24 bits per heavy atom. The van der Waals surface area contributed by atoms with Crippen LogP contribution in [0.2, 0.25) is 0 Å². The Kier molecular flexibility index (Phi) is 16.3. The summed E-state index contributed by atoms with van der Waals surface area (Å²) < 4.78 is 36.1. The maximum atomic E-state index is 12.6. The van der Waals surface area contributed by atoms with Gasteiger partial charge >= 0.3 is 18.2 Å². The first-order chi connectivity index (χ1) is 19.7. The molecule has 3 amide bonds. The lowest BCUT2D eigenvalue weighted by atomic mass is 10.1. The Balaban J connectivity index is 2.51. The van der Waals surface area contributed by atoms with Crippen LogP contribution in [0, 0.1) is 0 Å². The lowest BCUT2D eigenvalue weighted by molar-refractivity contribution is -0.146. The van der Waals surface area contributed by atoms with Crippen molar-refractivity contribution in [3.8, 4) is 0 Å². The first-order valence-corrected chi connectivity index (χ1v) is 13.3. The third-order valence-electron chi connectivity index (χ3n) is 4.50. The van der Waals surface area contributed by atoms with E-state index >= 15 is 0 Å². The summed E-state index contributed by atoms with van der Waals surface area (Å²) in [5.41, 5.74) is -1.01. The molecule has 0 radical (unpaired) electrons. The number of amides is 3. The summed E-state index contributed by atoms with van der Waals surface area (Å²) in [6.07, 6.45) is -0.189. The van der Waals surface area contributed by atoms with E-state index in [0.29, 0.717) is 26.4 Å². The second-order valence-electron chi connectivity index (χ2n) is 10.6. The first kappa shape index (κ1) is 36.4. The van der Waals surface area contributed by atoms with E-state index in [0.717, 1.165) is 0 Å². The predicted molar refractivity (Wildman–Crippen MR) is 154 cm³/mol. The number of rotatable bonds is 16. The van der Waals surface area contributed by atoms with E-state index in [2.05, 4.69) is 20.4 Å². The van der Waals surface area contributed by atoms with Gasteiger partial charge in [0.15, 0.2) is 0 Å². The van der Waals surface area contributed by atoms with Crippen LogP contribution in [0.15, 0.2) is 23.2 Å². The number of esters is 1. The maximum absolute atomic E-state index is 12.6. The Morgan fingerprint density at radius 3 is 1.76 bits per heavy atom. The highest BCUT2D eigenvalue weighted by Gasteiger charge is 2.21. The standard InChI is InChI=1S/C28H43N3O11/c1-27(2,3)41-25(34)30-21-9-8-20(18-22(21)31-26(35)42-28(4,5)6)24(33)29-10-11-37-12-13-38-14-15-39-16-17-40-19-23(32)36-7/h8-10,18H,11-17,19H2,1-7H3,(H,30,34)(H,31,35)/b29-10+. The molecule has 236 valence electrons. The molecule has 0 saturated carbocycles. The number of hydrogen-bond donors (Lipinski definition) is 2. The molecule has 1 aromatic carbocycles. The van der Waals surface area contributed by atoms with Gasteiger partial charge in [0.1, 0.15) is 17.8 Å². The molecule has 0 spiro atoms. The molecular formula is C28H43N3O11. The van der Waals surface area contributed by atoms with Gasteiger partial charge in [0.05, 0.1) is 64.7 Å². The number of anilines is 2. The number of carbonyl (C=O) groups excluding carboxylic acids is 4. The number of carbonyl (C=O) groups is 4. The Morgan fingerprint density at radius 1 is 0.738 bits per heavy atom. The molecular weight excluding hydrogens is 554 g/mol. The van der Waals surface area contributed by atoms with Gasteiger partial charge in [-0.2, -0.15) is 0 Å². The Hall–Kier alpha value is -3.59. The molecule has 0 fully saturated rings. The van der Waals surface area contributed by atoms with Gasteiger partial charge in [-0.25, -0.2) is 19.4 Å². The fourth-order valence-corrected chi connectivity index (χ4v) is 2.82. The Labute approximate surface area is 246 Å². The third kappa shape index (κ3) is 18.0. The van der Waals surface area contributed by atoms with E-state index in [1.54, 1.807) is 41.5 Å². The number of benzene rings is 1. The highest BCUT2D eigenvalue weighted by Crippen LogP contribution is 2.25. The average Bonchev–Trinajstić information content (AvgIpc) is 2.87. The van der Waals surface area contributed by atoms with E-state index in [1.807, 2.05) is 0 Å². The molecule has 1 aromatic rings. The highest BCUT2D eigenvalue weighted by molar-refractivity contribution is 6.03. The predicted octanol–water partition coefficient (Wildman–Crippen LogP) is 3.83. The topological polar surface area (TPSA) is 169 Å². The summed E-state index contributed by atoms with van der Waals surface area (Å²) in [6.45, 7) is 12.1. The first-order valence-electron chi connectivity index (χ1n) is 13.3. The van der Waals surface area contributed by atoms with Gasteiger partial charge in [-0.1, -0.05) is 0 Å². The molecule has 0 aliphatic heterocycles. The van der Waals surface area contributed by atoms with Crippen molar-refractivity contribution in [3.63, 3.8) is 0 Å². The second kappa shape index (κ2) is 18.8. The van der Waals surface area contributed by atoms with Crippen molar-refractivity contribution >= 4 is 41.7 Å². The molecule has 2 N–H and O–H groups in total. The summed E-state index contributed by atoms with van der Waals surface area (Å²) in [7, 11) is 1.29. The zero-order valence-corrected chi connectivity index (χ0v) is 25.4.